The van der Waals surface area contributed by atoms with E-state index in [9.17, 15) is 4.79 Å². The van der Waals surface area contributed by atoms with Gasteiger partial charge in [-0.05, 0) is 49.6 Å². The first-order chi connectivity index (χ1) is 10.1. The number of aryl methyl sites for hydroxylation is 1. The fourth-order valence-corrected chi connectivity index (χ4v) is 1.87. The van der Waals surface area contributed by atoms with Crippen LogP contribution in [-0.4, -0.2) is 16.8 Å². The largest absolute Gasteiger partial charge is 0.478 e. The number of benzene rings is 2. The van der Waals surface area contributed by atoms with Crippen molar-refractivity contribution in [3.63, 3.8) is 0 Å². The number of aromatic carboxylic acids is 1. The fraction of sp³-hybridized carbons (Fsp3) is 0.176. The maximum absolute atomic E-state index is 10.8. The monoisotopic (exact) mass is 282 g/mol. The van der Waals surface area contributed by atoms with Crippen molar-refractivity contribution in [2.75, 3.05) is 5.43 Å². The Morgan fingerprint density at radius 3 is 2.38 bits per heavy atom. The summed E-state index contributed by atoms with van der Waals surface area (Å²) in [5.41, 5.74) is 6.28. The van der Waals surface area contributed by atoms with Gasteiger partial charge in [-0.15, -0.1) is 0 Å². The van der Waals surface area contributed by atoms with Gasteiger partial charge in [-0.3, -0.25) is 5.43 Å². The zero-order valence-corrected chi connectivity index (χ0v) is 11.9. The quantitative estimate of drug-likeness (QED) is 0.625. The molecule has 0 bridgehead atoms. The van der Waals surface area contributed by atoms with Crippen LogP contribution < -0.4 is 5.43 Å². The van der Waals surface area contributed by atoms with E-state index >= 15 is 0 Å². The Labute approximate surface area is 124 Å². The Balaban J connectivity index is 1.86. The van der Waals surface area contributed by atoms with Crippen LogP contribution in [0.3, 0.4) is 0 Å². The second kappa shape index (κ2) is 7.24. The molecule has 4 nitrogen and oxygen atoms in total. The SMILES string of the molecule is C/C(CCc1ccccc1)=N/Nc1ccc(C(=O)O)cc1. The molecule has 2 N–H and O–H groups in total. The van der Waals surface area contributed by atoms with Gasteiger partial charge in [0.25, 0.3) is 0 Å². The molecule has 2 rings (SSSR count). The Morgan fingerprint density at radius 1 is 1.10 bits per heavy atom. The van der Waals surface area contributed by atoms with Crippen molar-refractivity contribution in [1.82, 2.24) is 0 Å². The standard InChI is InChI=1S/C17H18N2O2/c1-13(7-8-14-5-3-2-4-6-14)18-19-16-11-9-15(10-12-16)17(20)21/h2-6,9-12,19H,7-8H2,1H3,(H,20,21)/b18-13-. The van der Waals surface area contributed by atoms with E-state index in [0.29, 0.717) is 0 Å². The number of carboxylic acid groups (broad SMARTS) is 1. The number of hydrogen-bond donors (Lipinski definition) is 2. The molecule has 21 heavy (non-hydrogen) atoms. The van der Waals surface area contributed by atoms with Gasteiger partial charge >= 0.3 is 5.97 Å². The summed E-state index contributed by atoms with van der Waals surface area (Å²) in [5.74, 6) is -0.927. The van der Waals surface area contributed by atoms with Crippen LogP contribution >= 0.6 is 0 Å². The van der Waals surface area contributed by atoms with Gasteiger partial charge in [-0.1, -0.05) is 30.3 Å². The summed E-state index contributed by atoms with van der Waals surface area (Å²) in [6, 6.07) is 16.8. The van der Waals surface area contributed by atoms with Crippen molar-refractivity contribution < 1.29 is 9.90 Å². The van der Waals surface area contributed by atoms with Crippen molar-refractivity contribution in [3.8, 4) is 0 Å². The van der Waals surface area contributed by atoms with Crippen LogP contribution in [0.4, 0.5) is 5.69 Å². The molecule has 0 unspecified atom stereocenters. The number of anilines is 1. The van der Waals surface area contributed by atoms with Crippen LogP contribution in [0, 0.1) is 0 Å². The topological polar surface area (TPSA) is 61.7 Å². The summed E-state index contributed by atoms with van der Waals surface area (Å²) in [6.07, 6.45) is 1.83. The molecule has 0 radical (unpaired) electrons. The predicted octanol–water partition coefficient (Wildman–Crippen LogP) is 3.81. The summed E-state index contributed by atoms with van der Waals surface area (Å²) >= 11 is 0. The van der Waals surface area contributed by atoms with Gasteiger partial charge in [0.15, 0.2) is 0 Å². The van der Waals surface area contributed by atoms with Crippen molar-refractivity contribution in [2.24, 2.45) is 5.10 Å². The lowest BCUT2D eigenvalue weighted by atomic mass is 10.1. The molecule has 0 saturated carbocycles. The maximum atomic E-state index is 10.8. The summed E-state index contributed by atoms with van der Waals surface area (Å²) in [6.45, 7) is 1.97. The molecule has 0 fully saturated rings. The maximum Gasteiger partial charge on any atom is 0.335 e. The van der Waals surface area contributed by atoms with E-state index in [4.69, 9.17) is 5.11 Å². The Morgan fingerprint density at radius 2 is 1.76 bits per heavy atom. The lowest BCUT2D eigenvalue weighted by molar-refractivity contribution is 0.0697. The van der Waals surface area contributed by atoms with E-state index in [1.165, 1.54) is 5.56 Å². The van der Waals surface area contributed by atoms with E-state index in [1.54, 1.807) is 24.3 Å². The second-order valence-corrected chi connectivity index (χ2v) is 4.83. The van der Waals surface area contributed by atoms with E-state index in [-0.39, 0.29) is 5.56 Å². The molecular weight excluding hydrogens is 264 g/mol. The normalized spacial score (nSPS) is 11.2. The highest BCUT2D eigenvalue weighted by molar-refractivity contribution is 5.88. The number of rotatable bonds is 6. The Bertz CT molecular complexity index is 619. The number of nitrogens with zero attached hydrogens (tertiary/aromatic N) is 1. The number of carbonyl (C=O) groups is 1. The van der Waals surface area contributed by atoms with Crippen molar-refractivity contribution in [1.29, 1.82) is 0 Å². The highest BCUT2D eigenvalue weighted by Crippen LogP contribution is 2.10. The first kappa shape index (κ1) is 14.8. The van der Waals surface area contributed by atoms with Gasteiger partial charge in [0.1, 0.15) is 0 Å². The van der Waals surface area contributed by atoms with E-state index in [1.807, 2.05) is 25.1 Å². The number of hydrazone groups is 1. The summed E-state index contributed by atoms with van der Waals surface area (Å²) in [4.78, 5) is 10.8. The van der Waals surface area contributed by atoms with Gasteiger partial charge in [-0.25, -0.2) is 4.79 Å². The van der Waals surface area contributed by atoms with Crippen LogP contribution in [0.25, 0.3) is 0 Å². The molecule has 4 heteroatoms. The molecule has 2 aromatic rings. The Hall–Kier alpha value is -2.62. The molecule has 2 aromatic carbocycles. The molecule has 108 valence electrons. The third kappa shape index (κ3) is 4.76. The Kier molecular flexibility index (Phi) is 5.10. The minimum absolute atomic E-state index is 0.269. The molecule has 0 heterocycles. The van der Waals surface area contributed by atoms with Crippen molar-refractivity contribution >= 4 is 17.4 Å². The summed E-state index contributed by atoms with van der Waals surface area (Å²) < 4.78 is 0. The van der Waals surface area contributed by atoms with Gasteiger partial charge < -0.3 is 5.11 Å². The molecule has 0 aliphatic heterocycles. The average molecular weight is 282 g/mol. The van der Waals surface area contributed by atoms with Crippen LogP contribution in [0.5, 0.6) is 0 Å². The van der Waals surface area contributed by atoms with Crippen molar-refractivity contribution in [2.45, 2.75) is 19.8 Å². The van der Waals surface area contributed by atoms with Gasteiger partial charge in [0.2, 0.25) is 0 Å². The lowest BCUT2D eigenvalue weighted by Crippen LogP contribution is -2.00. The van der Waals surface area contributed by atoms with E-state index < -0.39 is 5.97 Å². The minimum Gasteiger partial charge on any atom is -0.478 e. The lowest BCUT2D eigenvalue weighted by Gasteiger charge is -2.04. The minimum atomic E-state index is -0.927. The number of hydrogen-bond acceptors (Lipinski definition) is 3. The molecule has 0 aliphatic carbocycles. The molecule has 0 atom stereocenters. The van der Waals surface area contributed by atoms with Gasteiger partial charge in [0.05, 0.1) is 11.3 Å². The van der Waals surface area contributed by atoms with Crippen LogP contribution in [-0.2, 0) is 6.42 Å². The molecule has 0 aromatic heterocycles. The van der Waals surface area contributed by atoms with Gasteiger partial charge in [0, 0.05) is 5.71 Å². The van der Waals surface area contributed by atoms with Crippen molar-refractivity contribution in [3.05, 3.63) is 65.7 Å². The first-order valence-electron chi connectivity index (χ1n) is 6.81. The number of nitrogens with one attached hydrogen (secondary N) is 1. The summed E-state index contributed by atoms with van der Waals surface area (Å²) in [7, 11) is 0. The fourth-order valence-electron chi connectivity index (χ4n) is 1.87. The molecule has 0 amide bonds. The zero-order chi connectivity index (χ0) is 15.1. The van der Waals surface area contributed by atoms with Crippen LogP contribution in [0.15, 0.2) is 59.7 Å². The van der Waals surface area contributed by atoms with Gasteiger partial charge in [-0.2, -0.15) is 5.10 Å². The third-order valence-electron chi connectivity index (χ3n) is 3.13. The van der Waals surface area contributed by atoms with Crippen LogP contribution in [0.2, 0.25) is 0 Å². The average Bonchev–Trinajstić information content (AvgIpc) is 2.52. The predicted molar refractivity (Wildman–Crippen MR) is 84.9 cm³/mol. The number of carboxylic acids is 1. The van der Waals surface area contributed by atoms with E-state index in [2.05, 4.69) is 22.7 Å². The highest BCUT2D eigenvalue weighted by atomic mass is 16.4. The summed E-state index contributed by atoms with van der Waals surface area (Å²) in [5, 5.41) is 13.1. The van der Waals surface area contributed by atoms with Crippen LogP contribution in [0.1, 0.15) is 29.3 Å². The van der Waals surface area contributed by atoms with E-state index in [0.717, 1.165) is 24.2 Å². The highest BCUT2D eigenvalue weighted by Gasteiger charge is 2.01. The zero-order valence-electron chi connectivity index (χ0n) is 11.9. The smallest absolute Gasteiger partial charge is 0.335 e. The first-order valence-corrected chi connectivity index (χ1v) is 6.81. The molecule has 0 saturated heterocycles. The molecule has 0 spiro atoms. The third-order valence-corrected chi connectivity index (χ3v) is 3.13. The second-order valence-electron chi connectivity index (χ2n) is 4.83. The molecular formula is C17H18N2O2. The molecule has 0 aliphatic rings.